The van der Waals surface area contributed by atoms with Gasteiger partial charge in [0.1, 0.15) is 5.75 Å². The van der Waals surface area contributed by atoms with Crippen LogP contribution in [0.1, 0.15) is 17.2 Å². The molecule has 2 aromatic carbocycles. The van der Waals surface area contributed by atoms with Crippen molar-refractivity contribution in [2.24, 2.45) is 0 Å². The zero-order valence-corrected chi connectivity index (χ0v) is 13.5. The van der Waals surface area contributed by atoms with Gasteiger partial charge in [-0.2, -0.15) is 0 Å². The van der Waals surface area contributed by atoms with Crippen LogP contribution in [-0.2, 0) is 11.3 Å². The normalized spacial score (nSPS) is 12.2. The highest BCUT2D eigenvalue weighted by molar-refractivity contribution is 9.09. The number of benzene rings is 2. The molecule has 2 aromatic rings. The van der Waals surface area contributed by atoms with Crippen LogP contribution in [0.15, 0.2) is 48.5 Å². The van der Waals surface area contributed by atoms with E-state index in [1.807, 2.05) is 48.5 Å². The van der Waals surface area contributed by atoms with Gasteiger partial charge in [0.2, 0.25) is 0 Å². The molecule has 0 aliphatic rings. The number of ether oxygens (including phenoxy) is 2. The molecule has 4 heteroatoms. The van der Waals surface area contributed by atoms with Crippen LogP contribution in [0.5, 0.6) is 5.75 Å². The van der Waals surface area contributed by atoms with Crippen molar-refractivity contribution in [1.82, 2.24) is 0 Å². The molecule has 0 amide bonds. The van der Waals surface area contributed by atoms with Crippen molar-refractivity contribution in [2.45, 2.75) is 12.7 Å². The molecular formula is C16H16BrClO2. The van der Waals surface area contributed by atoms with Crippen LogP contribution in [0.2, 0.25) is 5.02 Å². The van der Waals surface area contributed by atoms with Gasteiger partial charge in [0, 0.05) is 10.4 Å². The van der Waals surface area contributed by atoms with E-state index in [4.69, 9.17) is 21.1 Å². The fraction of sp³-hybridized carbons (Fsp3) is 0.250. The van der Waals surface area contributed by atoms with E-state index in [1.165, 1.54) is 0 Å². The number of rotatable bonds is 6. The van der Waals surface area contributed by atoms with Crippen LogP contribution in [0, 0.1) is 0 Å². The van der Waals surface area contributed by atoms with Crippen molar-refractivity contribution in [3.63, 3.8) is 0 Å². The first-order valence-electron chi connectivity index (χ1n) is 6.29. The Bertz CT molecular complexity index is 542. The van der Waals surface area contributed by atoms with Crippen LogP contribution >= 0.6 is 27.5 Å². The van der Waals surface area contributed by atoms with Gasteiger partial charge in [-0.15, -0.1) is 0 Å². The highest BCUT2D eigenvalue weighted by atomic mass is 79.9. The van der Waals surface area contributed by atoms with Gasteiger partial charge < -0.3 is 9.47 Å². The highest BCUT2D eigenvalue weighted by Crippen LogP contribution is 2.25. The predicted octanol–water partition coefficient (Wildman–Crippen LogP) is 5.00. The van der Waals surface area contributed by atoms with E-state index in [9.17, 15) is 0 Å². The molecule has 0 heterocycles. The minimum atomic E-state index is -0.0165. The first-order valence-corrected chi connectivity index (χ1v) is 7.79. The third-order valence-corrected chi connectivity index (χ3v) is 3.98. The molecule has 0 saturated heterocycles. The lowest BCUT2D eigenvalue weighted by atomic mass is 10.1. The second kappa shape index (κ2) is 7.67. The Kier molecular flexibility index (Phi) is 5.89. The standard InChI is InChI=1S/C16H16BrClO2/c1-19-14-8-6-12(7-9-14)16(10-17)20-11-13-4-2-3-5-15(13)18/h2-9,16H,10-11H2,1H3. The molecule has 0 aromatic heterocycles. The first-order chi connectivity index (χ1) is 9.74. The van der Waals surface area contributed by atoms with Gasteiger partial charge >= 0.3 is 0 Å². The molecule has 0 bridgehead atoms. The van der Waals surface area contributed by atoms with Gasteiger partial charge in [0.25, 0.3) is 0 Å². The van der Waals surface area contributed by atoms with Crippen molar-refractivity contribution >= 4 is 27.5 Å². The van der Waals surface area contributed by atoms with Crippen molar-refractivity contribution in [2.75, 3.05) is 12.4 Å². The van der Waals surface area contributed by atoms with Crippen LogP contribution < -0.4 is 4.74 Å². The Morgan fingerprint density at radius 2 is 1.80 bits per heavy atom. The number of hydrogen-bond donors (Lipinski definition) is 0. The SMILES string of the molecule is COc1ccc(C(CBr)OCc2ccccc2Cl)cc1. The van der Waals surface area contributed by atoms with Crippen molar-refractivity contribution in [1.29, 1.82) is 0 Å². The molecule has 1 atom stereocenters. The maximum atomic E-state index is 6.13. The summed E-state index contributed by atoms with van der Waals surface area (Å²) in [4.78, 5) is 0. The molecular weight excluding hydrogens is 340 g/mol. The fourth-order valence-corrected chi connectivity index (χ4v) is 2.61. The average molecular weight is 356 g/mol. The van der Waals surface area contributed by atoms with Gasteiger partial charge in [0.05, 0.1) is 19.8 Å². The zero-order chi connectivity index (χ0) is 14.4. The predicted molar refractivity (Wildman–Crippen MR) is 85.8 cm³/mol. The maximum absolute atomic E-state index is 6.13. The Balaban J connectivity index is 2.03. The molecule has 106 valence electrons. The summed E-state index contributed by atoms with van der Waals surface area (Å²) in [6.07, 6.45) is -0.0165. The lowest BCUT2D eigenvalue weighted by Crippen LogP contribution is -2.06. The van der Waals surface area contributed by atoms with Crippen LogP contribution in [0.25, 0.3) is 0 Å². The van der Waals surface area contributed by atoms with Crippen LogP contribution in [0.4, 0.5) is 0 Å². The van der Waals surface area contributed by atoms with Gasteiger partial charge in [-0.25, -0.2) is 0 Å². The quantitative estimate of drug-likeness (QED) is 0.679. The highest BCUT2D eigenvalue weighted by Gasteiger charge is 2.11. The third-order valence-electron chi connectivity index (χ3n) is 3.03. The van der Waals surface area contributed by atoms with E-state index in [0.717, 1.165) is 27.2 Å². The molecule has 2 nitrogen and oxygen atoms in total. The lowest BCUT2D eigenvalue weighted by molar-refractivity contribution is 0.0566. The maximum Gasteiger partial charge on any atom is 0.118 e. The molecule has 0 spiro atoms. The van der Waals surface area contributed by atoms with Crippen LogP contribution in [0.3, 0.4) is 0 Å². The molecule has 0 aliphatic heterocycles. The number of methoxy groups -OCH3 is 1. The molecule has 0 fully saturated rings. The minimum Gasteiger partial charge on any atom is -0.497 e. The number of halogens is 2. The minimum absolute atomic E-state index is 0.0165. The first kappa shape index (κ1) is 15.4. The fourth-order valence-electron chi connectivity index (χ4n) is 1.85. The molecule has 0 radical (unpaired) electrons. The number of alkyl halides is 1. The van der Waals surface area contributed by atoms with Gasteiger partial charge in [0.15, 0.2) is 0 Å². The van der Waals surface area contributed by atoms with Crippen LogP contribution in [-0.4, -0.2) is 12.4 Å². The van der Waals surface area contributed by atoms with E-state index < -0.39 is 0 Å². The van der Waals surface area contributed by atoms with Gasteiger partial charge in [-0.3, -0.25) is 0 Å². The Morgan fingerprint density at radius 3 is 2.40 bits per heavy atom. The summed E-state index contributed by atoms with van der Waals surface area (Å²) in [6.45, 7) is 0.488. The van der Waals surface area contributed by atoms with E-state index in [1.54, 1.807) is 7.11 Å². The Morgan fingerprint density at radius 1 is 1.10 bits per heavy atom. The van der Waals surface area contributed by atoms with Gasteiger partial charge in [-0.1, -0.05) is 57.9 Å². The summed E-state index contributed by atoms with van der Waals surface area (Å²) in [5, 5.41) is 1.46. The topological polar surface area (TPSA) is 18.5 Å². The van der Waals surface area contributed by atoms with E-state index in [2.05, 4.69) is 15.9 Å². The molecule has 20 heavy (non-hydrogen) atoms. The molecule has 2 rings (SSSR count). The molecule has 0 N–H and O–H groups in total. The summed E-state index contributed by atoms with van der Waals surface area (Å²) in [6, 6.07) is 15.6. The molecule has 0 aliphatic carbocycles. The van der Waals surface area contributed by atoms with Gasteiger partial charge in [-0.05, 0) is 29.3 Å². The van der Waals surface area contributed by atoms with E-state index >= 15 is 0 Å². The second-order valence-electron chi connectivity index (χ2n) is 4.32. The lowest BCUT2D eigenvalue weighted by Gasteiger charge is -2.16. The summed E-state index contributed by atoms with van der Waals surface area (Å²) in [7, 11) is 1.66. The summed E-state index contributed by atoms with van der Waals surface area (Å²) < 4.78 is 11.1. The van der Waals surface area contributed by atoms with Crippen molar-refractivity contribution in [3.8, 4) is 5.75 Å². The number of hydrogen-bond acceptors (Lipinski definition) is 2. The molecule has 1 unspecified atom stereocenters. The van der Waals surface area contributed by atoms with E-state index in [-0.39, 0.29) is 6.10 Å². The largest absolute Gasteiger partial charge is 0.497 e. The van der Waals surface area contributed by atoms with E-state index in [0.29, 0.717) is 6.61 Å². The van der Waals surface area contributed by atoms with Crippen molar-refractivity contribution in [3.05, 3.63) is 64.7 Å². The summed E-state index contributed by atoms with van der Waals surface area (Å²) in [5.41, 5.74) is 2.10. The zero-order valence-electron chi connectivity index (χ0n) is 11.2. The summed E-state index contributed by atoms with van der Waals surface area (Å²) in [5.74, 6) is 0.841. The third kappa shape index (κ3) is 3.98. The monoisotopic (exact) mass is 354 g/mol. The Hall–Kier alpha value is -1.03. The van der Waals surface area contributed by atoms with Crippen molar-refractivity contribution < 1.29 is 9.47 Å². The smallest absolute Gasteiger partial charge is 0.118 e. The average Bonchev–Trinajstić information content (AvgIpc) is 2.50. The molecule has 0 saturated carbocycles. The summed E-state index contributed by atoms with van der Waals surface area (Å²) >= 11 is 9.62. The second-order valence-corrected chi connectivity index (χ2v) is 5.37. The Labute approximate surface area is 132 Å².